The zero-order valence-electron chi connectivity index (χ0n) is 23.8. The van der Waals surface area contributed by atoms with Crippen LogP contribution in [0.4, 0.5) is 0 Å². The fourth-order valence-corrected chi connectivity index (χ4v) is 6.52. The van der Waals surface area contributed by atoms with Gasteiger partial charge in [-0.15, -0.1) is 0 Å². The second-order valence-corrected chi connectivity index (χ2v) is 11.5. The van der Waals surface area contributed by atoms with E-state index in [1.54, 1.807) is 44.4 Å². The standard InChI is InChI=1S/C32H27IN2O7S/c1-5-41-31(38)26-27(20-10-7-6-8-11-20)34-32-35(28(26)21-12-9-13-22(17-21)39-3)30(37)25(43-32)16-19-14-23(33)29(42-18(2)36)24(15-19)40-4/h6-17,28H,5H2,1-4H3/b25-16-/t28-/m0/s1. The van der Waals surface area contributed by atoms with Crippen molar-refractivity contribution in [1.82, 2.24) is 4.57 Å². The number of thiazole rings is 1. The number of methoxy groups -OCH3 is 2. The molecule has 9 nitrogen and oxygen atoms in total. The van der Waals surface area contributed by atoms with Crippen LogP contribution in [0, 0.1) is 3.57 Å². The number of halogens is 1. The molecule has 4 aromatic rings. The van der Waals surface area contributed by atoms with Crippen LogP contribution in [0.5, 0.6) is 17.2 Å². The largest absolute Gasteiger partial charge is 0.497 e. The minimum absolute atomic E-state index is 0.156. The molecule has 1 aliphatic heterocycles. The summed E-state index contributed by atoms with van der Waals surface area (Å²) in [6.45, 7) is 3.21. The third-order valence-electron chi connectivity index (χ3n) is 6.58. The Morgan fingerprint density at radius 3 is 2.49 bits per heavy atom. The number of aromatic nitrogens is 1. The molecule has 220 valence electrons. The van der Waals surface area contributed by atoms with Gasteiger partial charge >= 0.3 is 11.9 Å². The van der Waals surface area contributed by atoms with E-state index in [-0.39, 0.29) is 17.7 Å². The molecule has 3 aromatic carbocycles. The molecule has 11 heteroatoms. The number of hydrogen-bond donors (Lipinski definition) is 0. The lowest BCUT2D eigenvalue weighted by Crippen LogP contribution is -2.40. The summed E-state index contributed by atoms with van der Waals surface area (Å²) in [4.78, 5) is 44.7. The fourth-order valence-electron chi connectivity index (χ4n) is 4.78. The number of carbonyl (C=O) groups is 2. The predicted molar refractivity (Wildman–Crippen MR) is 171 cm³/mol. The summed E-state index contributed by atoms with van der Waals surface area (Å²) in [6, 6.07) is 19.3. The van der Waals surface area contributed by atoms with E-state index in [2.05, 4.69) is 22.6 Å². The molecule has 0 fully saturated rings. The van der Waals surface area contributed by atoms with Gasteiger partial charge in [-0.25, -0.2) is 9.79 Å². The van der Waals surface area contributed by atoms with E-state index in [1.807, 2.05) is 42.5 Å². The number of carbonyl (C=O) groups excluding carboxylic acids is 2. The van der Waals surface area contributed by atoms with Crippen molar-refractivity contribution in [3.05, 3.63) is 112 Å². The van der Waals surface area contributed by atoms with E-state index in [1.165, 1.54) is 29.9 Å². The molecule has 0 saturated heterocycles. The number of esters is 2. The Labute approximate surface area is 264 Å². The normalized spacial score (nSPS) is 14.5. The SMILES string of the molecule is CCOC(=O)C1=C(c2ccccc2)N=c2s/c(=C\c3cc(I)c(OC(C)=O)c(OC)c3)c(=O)n2[C@H]1c1cccc(OC)c1. The molecule has 1 atom stereocenters. The lowest BCUT2D eigenvalue weighted by Gasteiger charge is -2.26. The third-order valence-corrected chi connectivity index (χ3v) is 8.36. The molecule has 0 bridgehead atoms. The van der Waals surface area contributed by atoms with Crippen LogP contribution in [0.1, 0.15) is 36.6 Å². The van der Waals surface area contributed by atoms with Crippen molar-refractivity contribution in [3.8, 4) is 17.2 Å². The first kappa shape index (κ1) is 30.2. The molecule has 0 radical (unpaired) electrons. The summed E-state index contributed by atoms with van der Waals surface area (Å²) in [5.74, 6) is 0.204. The molecule has 0 N–H and O–H groups in total. The highest BCUT2D eigenvalue weighted by Crippen LogP contribution is 2.37. The van der Waals surface area contributed by atoms with Crippen molar-refractivity contribution >= 4 is 57.6 Å². The van der Waals surface area contributed by atoms with Gasteiger partial charge in [0.05, 0.1) is 46.2 Å². The van der Waals surface area contributed by atoms with E-state index in [0.29, 0.717) is 47.0 Å². The molecule has 0 amide bonds. The fraction of sp³-hybridized carbons (Fsp3) is 0.188. The van der Waals surface area contributed by atoms with Gasteiger partial charge in [0.1, 0.15) is 5.75 Å². The first-order valence-corrected chi connectivity index (χ1v) is 15.1. The number of rotatable bonds is 8. The van der Waals surface area contributed by atoms with Crippen molar-refractivity contribution in [2.45, 2.75) is 19.9 Å². The second kappa shape index (κ2) is 13.0. The number of ether oxygens (including phenoxy) is 4. The van der Waals surface area contributed by atoms with Crippen molar-refractivity contribution < 1.29 is 28.5 Å². The van der Waals surface area contributed by atoms with Gasteiger partial charge in [0.15, 0.2) is 16.3 Å². The van der Waals surface area contributed by atoms with Crippen LogP contribution in [0.25, 0.3) is 11.8 Å². The molecule has 43 heavy (non-hydrogen) atoms. The van der Waals surface area contributed by atoms with Crippen molar-refractivity contribution in [2.24, 2.45) is 4.99 Å². The van der Waals surface area contributed by atoms with Gasteiger partial charge in [-0.3, -0.25) is 14.2 Å². The average molecular weight is 711 g/mol. The van der Waals surface area contributed by atoms with E-state index in [4.69, 9.17) is 23.9 Å². The second-order valence-electron chi connectivity index (χ2n) is 9.34. The smallest absolute Gasteiger partial charge is 0.338 e. The number of hydrogen-bond acceptors (Lipinski definition) is 9. The lowest BCUT2D eigenvalue weighted by atomic mass is 9.93. The number of fused-ring (bicyclic) bond motifs is 1. The molecule has 1 aliphatic rings. The van der Waals surface area contributed by atoms with Gasteiger partial charge in [0.2, 0.25) is 0 Å². The summed E-state index contributed by atoms with van der Waals surface area (Å²) >= 11 is 3.26. The minimum atomic E-state index is -0.830. The van der Waals surface area contributed by atoms with Crippen LogP contribution < -0.4 is 29.1 Å². The molecular weight excluding hydrogens is 683 g/mol. The monoisotopic (exact) mass is 710 g/mol. The lowest BCUT2D eigenvalue weighted by molar-refractivity contribution is -0.139. The number of nitrogens with zero attached hydrogens (tertiary/aromatic N) is 2. The molecule has 0 spiro atoms. The predicted octanol–water partition coefficient (Wildman–Crippen LogP) is 4.48. The van der Waals surface area contributed by atoms with E-state index in [9.17, 15) is 14.4 Å². The molecule has 0 saturated carbocycles. The van der Waals surface area contributed by atoms with Gasteiger partial charge in [-0.2, -0.15) is 0 Å². The third kappa shape index (κ3) is 6.13. The Balaban J connectivity index is 1.79. The zero-order chi connectivity index (χ0) is 30.7. The highest BCUT2D eigenvalue weighted by molar-refractivity contribution is 14.1. The Morgan fingerprint density at radius 1 is 1.05 bits per heavy atom. The maximum atomic E-state index is 14.2. The Morgan fingerprint density at radius 2 is 1.81 bits per heavy atom. The van der Waals surface area contributed by atoms with E-state index < -0.39 is 18.0 Å². The van der Waals surface area contributed by atoms with E-state index in [0.717, 1.165) is 5.56 Å². The maximum absolute atomic E-state index is 14.2. The first-order valence-electron chi connectivity index (χ1n) is 13.2. The molecule has 5 rings (SSSR count). The summed E-state index contributed by atoms with van der Waals surface area (Å²) < 4.78 is 24.3. The van der Waals surface area contributed by atoms with Gasteiger partial charge in [0, 0.05) is 12.5 Å². The van der Waals surface area contributed by atoms with Crippen molar-refractivity contribution in [1.29, 1.82) is 0 Å². The summed E-state index contributed by atoms with van der Waals surface area (Å²) in [5, 5.41) is 0. The van der Waals surface area contributed by atoms with Crippen LogP contribution >= 0.6 is 33.9 Å². The molecule has 2 heterocycles. The Bertz CT molecular complexity index is 1930. The van der Waals surface area contributed by atoms with Crippen LogP contribution in [-0.4, -0.2) is 37.3 Å². The quantitative estimate of drug-likeness (QED) is 0.151. The number of benzene rings is 3. The van der Waals surface area contributed by atoms with E-state index >= 15 is 0 Å². The average Bonchev–Trinajstić information content (AvgIpc) is 3.31. The molecular formula is C32H27IN2O7S. The molecule has 1 aromatic heterocycles. The van der Waals surface area contributed by atoms with Crippen LogP contribution in [0.3, 0.4) is 0 Å². The Hall–Kier alpha value is -4.23. The van der Waals surface area contributed by atoms with Gasteiger partial charge in [-0.05, 0) is 71.0 Å². The van der Waals surface area contributed by atoms with Crippen molar-refractivity contribution in [2.75, 3.05) is 20.8 Å². The molecule has 0 unspecified atom stereocenters. The highest BCUT2D eigenvalue weighted by Gasteiger charge is 2.35. The topological polar surface area (TPSA) is 105 Å². The first-order chi connectivity index (χ1) is 20.7. The van der Waals surface area contributed by atoms with Crippen LogP contribution in [0.15, 0.2) is 82.1 Å². The zero-order valence-corrected chi connectivity index (χ0v) is 26.7. The van der Waals surface area contributed by atoms with Crippen LogP contribution in [0.2, 0.25) is 0 Å². The summed E-state index contributed by atoms with van der Waals surface area (Å²) in [7, 11) is 3.04. The summed E-state index contributed by atoms with van der Waals surface area (Å²) in [6.07, 6.45) is 1.73. The van der Waals surface area contributed by atoms with Gasteiger partial charge in [-0.1, -0.05) is 53.8 Å². The van der Waals surface area contributed by atoms with Gasteiger partial charge in [0.25, 0.3) is 5.56 Å². The summed E-state index contributed by atoms with van der Waals surface area (Å²) in [5.41, 5.74) is 2.40. The maximum Gasteiger partial charge on any atom is 0.338 e. The van der Waals surface area contributed by atoms with Crippen LogP contribution in [-0.2, 0) is 14.3 Å². The van der Waals surface area contributed by atoms with Gasteiger partial charge < -0.3 is 18.9 Å². The molecule has 0 aliphatic carbocycles. The minimum Gasteiger partial charge on any atom is -0.497 e. The van der Waals surface area contributed by atoms with Crippen molar-refractivity contribution in [3.63, 3.8) is 0 Å². The Kier molecular flexibility index (Phi) is 9.11. The highest BCUT2D eigenvalue weighted by atomic mass is 127.